The molecule has 10 heteroatoms. The van der Waals surface area contributed by atoms with Gasteiger partial charge in [0.2, 0.25) is 0 Å². The largest absolute Gasteiger partial charge is 0.504 e. The molecule has 0 fully saturated rings. The summed E-state index contributed by atoms with van der Waals surface area (Å²) in [5.41, 5.74) is 2.51. The minimum atomic E-state index is -0.757. The van der Waals surface area contributed by atoms with E-state index in [4.69, 9.17) is 0 Å². The number of halogens is 1. The third-order valence-electron chi connectivity index (χ3n) is 5.92. The number of aliphatic hydroxyl groups is 1. The molecule has 1 atom stereocenters. The van der Waals surface area contributed by atoms with Gasteiger partial charge in [0.25, 0.3) is 11.8 Å². The summed E-state index contributed by atoms with van der Waals surface area (Å²) in [4.78, 5) is 36.7. The maximum absolute atomic E-state index is 13.4. The quantitative estimate of drug-likeness (QED) is 0.282. The van der Waals surface area contributed by atoms with Crippen molar-refractivity contribution in [1.29, 1.82) is 0 Å². The summed E-state index contributed by atoms with van der Waals surface area (Å²) in [5.74, 6) is -2.19. The molecule has 0 bridgehead atoms. The highest BCUT2D eigenvalue weighted by Gasteiger charge is 2.24. The van der Waals surface area contributed by atoms with Crippen LogP contribution in [-0.2, 0) is 6.42 Å². The normalized spacial score (nSPS) is 11.7. The van der Waals surface area contributed by atoms with Gasteiger partial charge in [0.1, 0.15) is 17.0 Å². The highest BCUT2D eigenvalue weighted by molar-refractivity contribution is 6.14. The van der Waals surface area contributed by atoms with Gasteiger partial charge in [-0.25, -0.2) is 9.37 Å². The minimum Gasteiger partial charge on any atom is -0.504 e. The molecule has 0 aliphatic carbocycles. The second-order valence-corrected chi connectivity index (χ2v) is 9.15. The number of aromatic hydroxyl groups is 1. The van der Waals surface area contributed by atoms with Crippen molar-refractivity contribution in [3.05, 3.63) is 89.1 Å². The van der Waals surface area contributed by atoms with E-state index >= 15 is 0 Å². The molecule has 2 aromatic carbocycles. The number of aromatic nitrogens is 2. The van der Waals surface area contributed by atoms with Gasteiger partial charge in [-0.3, -0.25) is 14.6 Å². The van der Waals surface area contributed by atoms with Crippen molar-refractivity contribution in [3.63, 3.8) is 0 Å². The molecule has 0 radical (unpaired) electrons. The number of nitrogens with zero attached hydrogens (tertiary/aromatic N) is 3. The molecule has 2 heterocycles. The highest BCUT2D eigenvalue weighted by Crippen LogP contribution is 2.30. The van der Waals surface area contributed by atoms with Gasteiger partial charge in [0.05, 0.1) is 6.61 Å². The second-order valence-electron chi connectivity index (χ2n) is 9.15. The number of amides is 2. The van der Waals surface area contributed by atoms with Gasteiger partial charge in [0, 0.05) is 43.1 Å². The number of carbonyl (C=O) groups is 2. The van der Waals surface area contributed by atoms with Crippen LogP contribution >= 0.6 is 0 Å². The molecule has 0 spiro atoms. The zero-order chi connectivity index (χ0) is 27.4. The van der Waals surface area contributed by atoms with Crippen LogP contribution in [-0.4, -0.2) is 58.7 Å². The fourth-order valence-electron chi connectivity index (χ4n) is 3.85. The predicted molar refractivity (Wildman–Crippen MR) is 143 cm³/mol. The van der Waals surface area contributed by atoms with Gasteiger partial charge >= 0.3 is 0 Å². The summed E-state index contributed by atoms with van der Waals surface area (Å²) in [6, 6.07) is 14.2. The summed E-state index contributed by atoms with van der Waals surface area (Å²) in [6.07, 6.45) is 1.92. The van der Waals surface area contributed by atoms with Crippen molar-refractivity contribution >= 4 is 34.1 Å². The summed E-state index contributed by atoms with van der Waals surface area (Å²) in [5, 5.41) is 25.7. The van der Waals surface area contributed by atoms with Crippen molar-refractivity contribution in [3.8, 4) is 5.75 Å². The van der Waals surface area contributed by atoms with E-state index in [1.807, 2.05) is 31.1 Å². The molecule has 4 N–H and O–H groups in total. The van der Waals surface area contributed by atoms with Crippen molar-refractivity contribution in [2.24, 2.45) is 0 Å². The fourth-order valence-corrected chi connectivity index (χ4v) is 3.85. The molecule has 0 aliphatic heterocycles. The first-order valence-electron chi connectivity index (χ1n) is 11.9. The first-order chi connectivity index (χ1) is 18.2. The van der Waals surface area contributed by atoms with Crippen molar-refractivity contribution in [2.75, 3.05) is 30.9 Å². The van der Waals surface area contributed by atoms with Gasteiger partial charge in [-0.1, -0.05) is 12.1 Å². The van der Waals surface area contributed by atoms with Crippen LogP contribution in [0.4, 0.5) is 15.8 Å². The van der Waals surface area contributed by atoms with Crippen molar-refractivity contribution in [2.45, 2.75) is 19.4 Å². The monoisotopic (exact) mass is 517 g/mol. The Bertz CT molecular complexity index is 1470. The molecule has 9 nitrogen and oxygen atoms in total. The van der Waals surface area contributed by atoms with E-state index in [0.717, 1.165) is 11.3 Å². The first kappa shape index (κ1) is 26.5. The zero-order valence-corrected chi connectivity index (χ0v) is 21.2. The standard InChI is InChI=1S/C28H28FN5O4/c1-16(15-35)31-28(38)25-26(36)23-22(13-18(14-30-23)12-17-4-6-19(29)7-5-17)24(33-25)27(37)32-20-8-10-21(11-9-20)34(2)3/h4-11,13-14,16,35-36H,12,15H2,1-3H3,(H,31,38)(H,32,37). The third-order valence-corrected chi connectivity index (χ3v) is 5.92. The van der Waals surface area contributed by atoms with Crippen LogP contribution in [0.3, 0.4) is 0 Å². The number of nitrogens with one attached hydrogen (secondary N) is 2. The number of aliphatic hydroxyl groups excluding tert-OH is 1. The molecule has 0 saturated heterocycles. The Hall–Kier alpha value is -4.57. The van der Waals surface area contributed by atoms with Crippen LogP contribution < -0.4 is 15.5 Å². The Kier molecular flexibility index (Phi) is 7.82. The lowest BCUT2D eigenvalue weighted by molar-refractivity contribution is 0.0914. The van der Waals surface area contributed by atoms with E-state index in [2.05, 4.69) is 20.6 Å². The van der Waals surface area contributed by atoms with Crippen molar-refractivity contribution < 1.29 is 24.2 Å². The number of carbonyl (C=O) groups excluding carboxylic acids is 2. The van der Waals surface area contributed by atoms with Crippen LogP contribution in [0.1, 0.15) is 39.0 Å². The highest BCUT2D eigenvalue weighted by atomic mass is 19.1. The molecular weight excluding hydrogens is 489 g/mol. The molecule has 196 valence electrons. The number of benzene rings is 2. The molecule has 2 aromatic heterocycles. The summed E-state index contributed by atoms with van der Waals surface area (Å²) in [6.45, 7) is 1.27. The van der Waals surface area contributed by atoms with Crippen LogP contribution in [0.5, 0.6) is 5.75 Å². The maximum Gasteiger partial charge on any atom is 0.274 e. The van der Waals surface area contributed by atoms with Gasteiger partial charge in [-0.15, -0.1) is 0 Å². The maximum atomic E-state index is 13.4. The fraction of sp³-hybridized carbons (Fsp3) is 0.214. The van der Waals surface area contributed by atoms with Crippen LogP contribution in [0, 0.1) is 5.82 Å². The molecule has 1 unspecified atom stereocenters. The average molecular weight is 518 g/mol. The zero-order valence-electron chi connectivity index (χ0n) is 21.2. The van der Waals surface area contributed by atoms with E-state index in [1.54, 1.807) is 37.3 Å². The molecule has 4 rings (SSSR count). The lowest BCUT2D eigenvalue weighted by atomic mass is 10.0. The number of rotatable bonds is 8. The summed E-state index contributed by atoms with van der Waals surface area (Å²) >= 11 is 0. The van der Waals surface area contributed by atoms with Crippen LogP contribution in [0.2, 0.25) is 0 Å². The molecule has 4 aromatic rings. The van der Waals surface area contributed by atoms with E-state index in [-0.39, 0.29) is 34.7 Å². The summed E-state index contributed by atoms with van der Waals surface area (Å²) in [7, 11) is 3.81. The number of hydrogen-bond donors (Lipinski definition) is 4. The molecule has 2 amide bonds. The lowest BCUT2D eigenvalue weighted by Gasteiger charge is -2.15. The van der Waals surface area contributed by atoms with E-state index in [9.17, 15) is 24.2 Å². The number of anilines is 2. The van der Waals surface area contributed by atoms with Crippen LogP contribution in [0.15, 0.2) is 60.8 Å². The van der Waals surface area contributed by atoms with E-state index < -0.39 is 23.6 Å². The van der Waals surface area contributed by atoms with Crippen LogP contribution in [0.25, 0.3) is 10.9 Å². The molecule has 0 aliphatic rings. The van der Waals surface area contributed by atoms with E-state index in [1.165, 1.54) is 18.3 Å². The second kappa shape index (κ2) is 11.2. The average Bonchev–Trinajstić information content (AvgIpc) is 2.90. The summed E-state index contributed by atoms with van der Waals surface area (Å²) < 4.78 is 13.3. The Labute approximate surface area is 219 Å². The smallest absolute Gasteiger partial charge is 0.274 e. The third kappa shape index (κ3) is 5.87. The van der Waals surface area contributed by atoms with Gasteiger partial charge in [-0.05, 0) is 66.9 Å². The number of fused-ring (bicyclic) bond motifs is 1. The predicted octanol–water partition coefficient (Wildman–Crippen LogP) is 3.49. The number of pyridine rings is 2. The Morgan fingerprint density at radius 1 is 1.00 bits per heavy atom. The Balaban J connectivity index is 1.77. The lowest BCUT2D eigenvalue weighted by Crippen LogP contribution is -2.35. The molecular formula is C28H28FN5O4. The SMILES string of the molecule is CC(CO)NC(=O)c1nc(C(=O)Nc2ccc(N(C)C)cc2)c2cc(Cc3ccc(F)cc3)cnc2c1O. The topological polar surface area (TPSA) is 128 Å². The Morgan fingerprint density at radius 2 is 1.68 bits per heavy atom. The molecule has 38 heavy (non-hydrogen) atoms. The Morgan fingerprint density at radius 3 is 2.32 bits per heavy atom. The minimum absolute atomic E-state index is 0.0257. The first-order valence-corrected chi connectivity index (χ1v) is 11.9. The van der Waals surface area contributed by atoms with Gasteiger partial charge < -0.3 is 25.7 Å². The number of hydrogen-bond acceptors (Lipinski definition) is 7. The van der Waals surface area contributed by atoms with Crippen molar-refractivity contribution in [1.82, 2.24) is 15.3 Å². The van der Waals surface area contributed by atoms with E-state index in [0.29, 0.717) is 17.7 Å². The van der Waals surface area contributed by atoms with Gasteiger partial charge in [-0.2, -0.15) is 0 Å². The molecule has 0 saturated carbocycles. The van der Waals surface area contributed by atoms with Gasteiger partial charge in [0.15, 0.2) is 11.4 Å².